The van der Waals surface area contributed by atoms with Gasteiger partial charge in [-0.05, 0) is 50.2 Å². The zero-order chi connectivity index (χ0) is 18.4. The molecule has 26 heavy (non-hydrogen) atoms. The van der Waals surface area contributed by atoms with Crippen LogP contribution < -0.4 is 5.32 Å². The number of hydrogen-bond donors (Lipinski definition) is 1. The third-order valence-corrected chi connectivity index (χ3v) is 5.29. The highest BCUT2D eigenvalue weighted by atomic mass is 32.1. The van der Waals surface area contributed by atoms with E-state index in [0.717, 1.165) is 16.6 Å². The minimum atomic E-state index is -0.688. The molecule has 4 rings (SSSR count). The number of thiazole rings is 1. The van der Waals surface area contributed by atoms with Crippen molar-refractivity contribution in [2.75, 3.05) is 5.32 Å². The van der Waals surface area contributed by atoms with E-state index in [2.05, 4.69) is 10.3 Å². The van der Waals surface area contributed by atoms with Crippen molar-refractivity contribution in [3.8, 4) is 11.3 Å². The van der Waals surface area contributed by atoms with Gasteiger partial charge in [0.1, 0.15) is 29.0 Å². The van der Waals surface area contributed by atoms with Crippen LogP contribution in [0.5, 0.6) is 0 Å². The Labute approximate surface area is 151 Å². The predicted molar refractivity (Wildman–Crippen MR) is 97.6 cm³/mol. The Balaban J connectivity index is 1.93. The molecule has 0 aliphatic carbocycles. The number of imidazole rings is 1. The first-order valence-electron chi connectivity index (χ1n) is 7.90. The molecule has 0 bridgehead atoms. The number of aromatic nitrogens is 2. The standard InChI is InChI=1S/C19H14F3N3S/c1-10-11(2)26-19-24-17(15-8-5-13(21)9-16(15)22)18(25(10)19)23-14-6-3-12(20)4-7-14/h3-9,23H,1-2H3. The van der Waals surface area contributed by atoms with Crippen molar-refractivity contribution >= 4 is 27.8 Å². The van der Waals surface area contributed by atoms with E-state index >= 15 is 0 Å². The molecule has 0 atom stereocenters. The molecule has 132 valence electrons. The molecule has 0 fully saturated rings. The molecule has 0 aliphatic heterocycles. The first-order chi connectivity index (χ1) is 12.4. The summed E-state index contributed by atoms with van der Waals surface area (Å²) in [6.07, 6.45) is 0. The van der Waals surface area contributed by atoms with Gasteiger partial charge in [0.05, 0.1) is 0 Å². The summed E-state index contributed by atoms with van der Waals surface area (Å²) >= 11 is 1.49. The number of aryl methyl sites for hydroxylation is 2. The molecule has 3 nitrogen and oxygen atoms in total. The van der Waals surface area contributed by atoms with Crippen LogP contribution in [-0.2, 0) is 0 Å². The van der Waals surface area contributed by atoms with Crippen molar-refractivity contribution in [1.82, 2.24) is 9.38 Å². The first kappa shape index (κ1) is 16.7. The molecule has 2 heterocycles. The Morgan fingerprint density at radius 1 is 0.962 bits per heavy atom. The Morgan fingerprint density at radius 2 is 1.65 bits per heavy atom. The smallest absolute Gasteiger partial charge is 0.196 e. The molecule has 2 aromatic heterocycles. The van der Waals surface area contributed by atoms with Gasteiger partial charge in [0.2, 0.25) is 0 Å². The number of benzene rings is 2. The van der Waals surface area contributed by atoms with Crippen LogP contribution in [0.15, 0.2) is 42.5 Å². The van der Waals surface area contributed by atoms with Crippen LogP contribution in [0.4, 0.5) is 24.7 Å². The summed E-state index contributed by atoms with van der Waals surface area (Å²) < 4.78 is 42.7. The fourth-order valence-corrected chi connectivity index (χ4v) is 3.77. The summed E-state index contributed by atoms with van der Waals surface area (Å²) in [5.74, 6) is -1.13. The molecule has 0 radical (unpaired) electrons. The van der Waals surface area contributed by atoms with Gasteiger partial charge in [-0.1, -0.05) is 0 Å². The Morgan fingerprint density at radius 3 is 2.35 bits per heavy atom. The third-order valence-electron chi connectivity index (χ3n) is 4.23. The summed E-state index contributed by atoms with van der Waals surface area (Å²) in [6.45, 7) is 3.93. The van der Waals surface area contributed by atoms with Gasteiger partial charge >= 0.3 is 0 Å². The van der Waals surface area contributed by atoms with Crippen LogP contribution in [0.25, 0.3) is 16.2 Å². The van der Waals surface area contributed by atoms with E-state index in [1.807, 2.05) is 18.2 Å². The van der Waals surface area contributed by atoms with Gasteiger partial charge in [-0.3, -0.25) is 4.40 Å². The maximum absolute atomic E-state index is 14.4. The number of fused-ring (bicyclic) bond motifs is 1. The average molecular weight is 373 g/mol. The fraction of sp³-hybridized carbons (Fsp3) is 0.105. The van der Waals surface area contributed by atoms with Crippen LogP contribution in [-0.4, -0.2) is 9.38 Å². The quantitative estimate of drug-likeness (QED) is 0.489. The summed E-state index contributed by atoms with van der Waals surface area (Å²) in [6, 6.07) is 9.26. The minimum absolute atomic E-state index is 0.198. The predicted octanol–water partition coefficient (Wildman–Crippen LogP) is 5.84. The highest BCUT2D eigenvalue weighted by Crippen LogP contribution is 2.37. The second kappa shape index (κ2) is 6.17. The largest absolute Gasteiger partial charge is 0.339 e. The van der Waals surface area contributed by atoms with Crippen LogP contribution in [0.2, 0.25) is 0 Å². The minimum Gasteiger partial charge on any atom is -0.339 e. The van der Waals surface area contributed by atoms with Gasteiger partial charge in [0, 0.05) is 27.9 Å². The summed E-state index contributed by atoms with van der Waals surface area (Å²) in [5.41, 5.74) is 2.18. The number of nitrogens with zero attached hydrogens (tertiary/aromatic N) is 2. The monoisotopic (exact) mass is 373 g/mol. The van der Waals surface area contributed by atoms with E-state index in [4.69, 9.17) is 0 Å². The number of halogens is 3. The zero-order valence-electron chi connectivity index (χ0n) is 14.0. The number of nitrogens with one attached hydrogen (secondary N) is 1. The topological polar surface area (TPSA) is 29.3 Å². The fourth-order valence-electron chi connectivity index (χ4n) is 2.80. The average Bonchev–Trinajstić information content (AvgIpc) is 3.07. The van der Waals surface area contributed by atoms with Crippen LogP contribution >= 0.6 is 11.3 Å². The lowest BCUT2D eigenvalue weighted by atomic mass is 10.1. The Hall–Kier alpha value is -2.80. The number of hydrogen-bond acceptors (Lipinski definition) is 3. The van der Waals surface area contributed by atoms with Gasteiger partial charge in [0.25, 0.3) is 0 Å². The zero-order valence-corrected chi connectivity index (χ0v) is 14.8. The van der Waals surface area contributed by atoms with E-state index in [9.17, 15) is 13.2 Å². The first-order valence-corrected chi connectivity index (χ1v) is 8.72. The molecule has 0 aliphatic rings. The van der Waals surface area contributed by atoms with E-state index < -0.39 is 11.6 Å². The Bertz CT molecular complexity index is 1110. The van der Waals surface area contributed by atoms with E-state index in [1.165, 1.54) is 35.6 Å². The van der Waals surface area contributed by atoms with Crippen LogP contribution in [0.1, 0.15) is 10.6 Å². The lowest BCUT2D eigenvalue weighted by Gasteiger charge is -2.10. The van der Waals surface area contributed by atoms with Gasteiger partial charge < -0.3 is 5.32 Å². The normalized spacial score (nSPS) is 11.3. The molecular formula is C19H14F3N3S. The molecule has 0 saturated heterocycles. The van der Waals surface area contributed by atoms with E-state index in [1.54, 1.807) is 12.1 Å². The van der Waals surface area contributed by atoms with Crippen molar-refractivity contribution in [1.29, 1.82) is 0 Å². The highest BCUT2D eigenvalue weighted by molar-refractivity contribution is 7.17. The van der Waals surface area contributed by atoms with Crippen molar-refractivity contribution in [3.05, 3.63) is 70.5 Å². The number of anilines is 2. The van der Waals surface area contributed by atoms with Crippen LogP contribution in [0, 0.1) is 31.3 Å². The molecular weight excluding hydrogens is 359 g/mol. The van der Waals surface area contributed by atoms with Crippen molar-refractivity contribution in [2.45, 2.75) is 13.8 Å². The lowest BCUT2D eigenvalue weighted by Crippen LogP contribution is -1.99. The van der Waals surface area contributed by atoms with Gasteiger partial charge in [0.15, 0.2) is 4.96 Å². The highest BCUT2D eigenvalue weighted by Gasteiger charge is 2.21. The van der Waals surface area contributed by atoms with Crippen molar-refractivity contribution in [3.63, 3.8) is 0 Å². The SMILES string of the molecule is Cc1sc2nc(-c3ccc(F)cc3F)c(Nc3ccc(F)cc3)n2c1C. The molecule has 7 heteroatoms. The lowest BCUT2D eigenvalue weighted by molar-refractivity contribution is 0.585. The van der Waals surface area contributed by atoms with E-state index in [0.29, 0.717) is 22.2 Å². The molecule has 2 aromatic carbocycles. The molecule has 0 amide bonds. The summed E-state index contributed by atoms with van der Waals surface area (Å²) in [7, 11) is 0. The van der Waals surface area contributed by atoms with Gasteiger partial charge in [-0.2, -0.15) is 0 Å². The van der Waals surface area contributed by atoms with Crippen molar-refractivity contribution in [2.24, 2.45) is 0 Å². The molecule has 0 spiro atoms. The maximum atomic E-state index is 14.4. The van der Waals surface area contributed by atoms with Crippen molar-refractivity contribution < 1.29 is 13.2 Å². The maximum Gasteiger partial charge on any atom is 0.196 e. The summed E-state index contributed by atoms with van der Waals surface area (Å²) in [4.78, 5) is 6.33. The third kappa shape index (κ3) is 2.74. The second-order valence-electron chi connectivity index (χ2n) is 5.93. The Kier molecular flexibility index (Phi) is 3.96. The van der Waals surface area contributed by atoms with Crippen LogP contribution in [0.3, 0.4) is 0 Å². The number of rotatable bonds is 3. The summed E-state index contributed by atoms with van der Waals surface area (Å²) in [5, 5.41) is 3.20. The van der Waals surface area contributed by atoms with E-state index in [-0.39, 0.29) is 11.4 Å². The van der Waals surface area contributed by atoms with Gasteiger partial charge in [-0.25, -0.2) is 18.2 Å². The molecule has 0 saturated carbocycles. The molecule has 1 N–H and O–H groups in total. The van der Waals surface area contributed by atoms with Gasteiger partial charge in [-0.15, -0.1) is 11.3 Å². The molecule has 0 unspecified atom stereocenters. The molecule has 4 aromatic rings. The second-order valence-corrected chi connectivity index (χ2v) is 7.11.